The Morgan fingerprint density at radius 1 is 0.793 bits per heavy atom. The molecule has 8 heteroatoms. The number of hydrogen-bond acceptors (Lipinski definition) is 5. The molecule has 0 aliphatic rings. The number of benzene rings is 2. The van der Waals surface area contributed by atoms with Crippen molar-refractivity contribution < 1.29 is 19.1 Å². The molecule has 0 aromatic heterocycles. The van der Waals surface area contributed by atoms with Crippen molar-refractivity contribution in [3.63, 3.8) is 0 Å². The predicted octanol–water partition coefficient (Wildman–Crippen LogP) is 2.72. The number of hydrazine groups is 1. The molecule has 0 saturated carbocycles. The van der Waals surface area contributed by atoms with Crippen LogP contribution < -0.4 is 16.2 Å². The molecule has 7 nitrogen and oxygen atoms in total. The van der Waals surface area contributed by atoms with E-state index in [1.165, 1.54) is 31.4 Å². The van der Waals surface area contributed by atoms with Gasteiger partial charge in [0.2, 0.25) is 0 Å². The van der Waals surface area contributed by atoms with Crippen LogP contribution in [0.1, 0.15) is 57.4 Å². The zero-order valence-electron chi connectivity index (χ0n) is 16.7. The molecule has 2 aromatic rings. The fraction of sp³-hybridized carbons (Fsp3) is 0.238. The van der Waals surface area contributed by atoms with Crippen LogP contribution in [0.4, 0.5) is 0 Å². The first-order valence-electron chi connectivity index (χ1n) is 8.82. The SMILES string of the molecule is COC(=O)c1ccc(C(=O)NC(=S)NNC(=O)c2ccc(C(C)(C)C)cc2)cc1. The van der Waals surface area contributed by atoms with Crippen LogP contribution in [0.15, 0.2) is 48.5 Å². The first-order chi connectivity index (χ1) is 13.6. The highest BCUT2D eigenvalue weighted by Gasteiger charge is 2.15. The standard InChI is InChI=1S/C21H23N3O4S/c1-21(2,3)16-11-9-14(10-12-16)18(26)23-24-20(29)22-17(25)13-5-7-15(8-6-13)19(27)28-4/h5-12H,1-4H3,(H,23,26)(H2,22,24,25,29). The topological polar surface area (TPSA) is 96.5 Å². The lowest BCUT2D eigenvalue weighted by Crippen LogP contribution is -2.48. The number of ether oxygens (including phenoxy) is 1. The summed E-state index contributed by atoms with van der Waals surface area (Å²) in [6, 6.07) is 13.1. The third-order valence-corrected chi connectivity index (χ3v) is 4.30. The summed E-state index contributed by atoms with van der Waals surface area (Å²) >= 11 is 5.02. The van der Waals surface area contributed by atoms with E-state index in [9.17, 15) is 14.4 Å². The third-order valence-electron chi connectivity index (χ3n) is 4.10. The second-order valence-corrected chi connectivity index (χ2v) is 7.67. The molecule has 0 atom stereocenters. The lowest BCUT2D eigenvalue weighted by Gasteiger charge is -2.19. The van der Waals surface area contributed by atoms with Crippen LogP contribution in [0.2, 0.25) is 0 Å². The van der Waals surface area contributed by atoms with E-state index in [4.69, 9.17) is 12.2 Å². The fourth-order valence-corrected chi connectivity index (χ4v) is 2.53. The molecule has 0 aliphatic heterocycles. The summed E-state index contributed by atoms with van der Waals surface area (Å²) in [5.74, 6) is -1.36. The zero-order chi connectivity index (χ0) is 21.6. The molecule has 0 aliphatic carbocycles. The van der Waals surface area contributed by atoms with Crippen molar-refractivity contribution >= 4 is 35.1 Å². The quantitative estimate of drug-likeness (QED) is 0.407. The molecule has 0 bridgehead atoms. The van der Waals surface area contributed by atoms with Gasteiger partial charge in [0, 0.05) is 11.1 Å². The molecule has 2 rings (SSSR count). The number of rotatable bonds is 3. The van der Waals surface area contributed by atoms with Crippen molar-refractivity contribution in [2.45, 2.75) is 26.2 Å². The molecule has 0 saturated heterocycles. The van der Waals surface area contributed by atoms with E-state index in [2.05, 4.69) is 41.7 Å². The number of hydrogen-bond donors (Lipinski definition) is 3. The fourth-order valence-electron chi connectivity index (χ4n) is 2.39. The maximum Gasteiger partial charge on any atom is 0.337 e. The number of amides is 2. The van der Waals surface area contributed by atoms with Crippen molar-refractivity contribution in [3.05, 3.63) is 70.8 Å². The summed E-state index contributed by atoms with van der Waals surface area (Å²) in [6.45, 7) is 6.27. The molecule has 152 valence electrons. The van der Waals surface area contributed by atoms with Gasteiger partial charge >= 0.3 is 5.97 Å². The van der Waals surface area contributed by atoms with Crippen molar-refractivity contribution in [2.75, 3.05) is 7.11 Å². The lowest BCUT2D eigenvalue weighted by molar-refractivity contribution is 0.0600. The average molecular weight is 413 g/mol. The van der Waals surface area contributed by atoms with Crippen LogP contribution in [-0.4, -0.2) is 30.0 Å². The summed E-state index contributed by atoms with van der Waals surface area (Å²) in [4.78, 5) is 35.8. The maximum atomic E-state index is 12.2. The zero-order valence-corrected chi connectivity index (χ0v) is 17.5. The Hall–Kier alpha value is -3.26. The summed E-state index contributed by atoms with van der Waals surface area (Å²) < 4.78 is 4.60. The first-order valence-corrected chi connectivity index (χ1v) is 9.23. The highest BCUT2D eigenvalue weighted by molar-refractivity contribution is 7.80. The van der Waals surface area contributed by atoms with Crippen LogP contribution in [0.3, 0.4) is 0 Å². The predicted molar refractivity (Wildman–Crippen MR) is 114 cm³/mol. The first kappa shape index (κ1) is 22.0. The van der Waals surface area contributed by atoms with Gasteiger partial charge in [0.25, 0.3) is 11.8 Å². The molecular formula is C21H23N3O4S. The number of carbonyl (C=O) groups excluding carboxylic acids is 3. The van der Waals surface area contributed by atoms with Gasteiger partial charge in [-0.05, 0) is 59.6 Å². The Balaban J connectivity index is 1.88. The van der Waals surface area contributed by atoms with Gasteiger partial charge in [-0.25, -0.2) is 4.79 Å². The van der Waals surface area contributed by atoms with Gasteiger partial charge in [-0.2, -0.15) is 0 Å². The lowest BCUT2D eigenvalue weighted by atomic mass is 9.87. The molecule has 29 heavy (non-hydrogen) atoms. The molecule has 0 fully saturated rings. The van der Waals surface area contributed by atoms with E-state index in [0.29, 0.717) is 16.7 Å². The van der Waals surface area contributed by atoms with Crippen molar-refractivity contribution in [2.24, 2.45) is 0 Å². The largest absolute Gasteiger partial charge is 0.465 e. The van der Waals surface area contributed by atoms with Gasteiger partial charge in [-0.3, -0.25) is 25.8 Å². The van der Waals surface area contributed by atoms with Crippen molar-refractivity contribution in [3.8, 4) is 0 Å². The highest BCUT2D eigenvalue weighted by atomic mass is 32.1. The highest BCUT2D eigenvalue weighted by Crippen LogP contribution is 2.22. The Morgan fingerprint density at radius 3 is 1.79 bits per heavy atom. The minimum Gasteiger partial charge on any atom is -0.465 e. The maximum absolute atomic E-state index is 12.2. The third kappa shape index (κ3) is 6.11. The average Bonchev–Trinajstić information content (AvgIpc) is 2.71. The van der Waals surface area contributed by atoms with Gasteiger partial charge in [-0.1, -0.05) is 32.9 Å². The van der Waals surface area contributed by atoms with E-state index < -0.39 is 11.9 Å². The minimum atomic E-state index is -0.493. The summed E-state index contributed by atoms with van der Waals surface area (Å²) in [5, 5.41) is 2.38. The van der Waals surface area contributed by atoms with Crippen LogP contribution in [0.25, 0.3) is 0 Å². The Bertz CT molecular complexity index is 916. The van der Waals surface area contributed by atoms with Crippen LogP contribution >= 0.6 is 12.2 Å². The molecular weight excluding hydrogens is 390 g/mol. The molecule has 0 radical (unpaired) electrons. The molecule has 0 heterocycles. The second-order valence-electron chi connectivity index (χ2n) is 7.26. The Labute approximate surface area is 174 Å². The number of carbonyl (C=O) groups is 3. The summed E-state index contributed by atoms with van der Waals surface area (Å²) in [5.41, 5.74) is 7.12. The van der Waals surface area contributed by atoms with Gasteiger partial charge in [-0.15, -0.1) is 0 Å². The molecule has 2 aromatic carbocycles. The Kier molecular flexibility index (Phi) is 7.06. The molecule has 2 amide bonds. The van der Waals surface area contributed by atoms with Crippen molar-refractivity contribution in [1.82, 2.24) is 16.2 Å². The summed E-state index contributed by atoms with van der Waals surface area (Å²) in [6.07, 6.45) is 0. The number of thiocarbonyl (C=S) groups is 1. The van der Waals surface area contributed by atoms with Crippen LogP contribution in [0, 0.1) is 0 Å². The number of methoxy groups -OCH3 is 1. The van der Waals surface area contributed by atoms with Gasteiger partial charge in [0.05, 0.1) is 12.7 Å². The van der Waals surface area contributed by atoms with Crippen LogP contribution in [-0.2, 0) is 10.2 Å². The monoisotopic (exact) mass is 413 g/mol. The normalized spacial score (nSPS) is 10.6. The number of nitrogens with one attached hydrogen (secondary N) is 3. The van der Waals surface area contributed by atoms with E-state index in [1.54, 1.807) is 12.1 Å². The minimum absolute atomic E-state index is 0.00580. The van der Waals surface area contributed by atoms with E-state index >= 15 is 0 Å². The van der Waals surface area contributed by atoms with Crippen LogP contribution in [0.5, 0.6) is 0 Å². The molecule has 3 N–H and O–H groups in total. The smallest absolute Gasteiger partial charge is 0.337 e. The molecule has 0 unspecified atom stereocenters. The summed E-state index contributed by atoms with van der Waals surface area (Å²) in [7, 11) is 1.28. The van der Waals surface area contributed by atoms with Gasteiger partial charge < -0.3 is 4.74 Å². The van der Waals surface area contributed by atoms with Crippen molar-refractivity contribution in [1.29, 1.82) is 0 Å². The van der Waals surface area contributed by atoms with Gasteiger partial charge in [0.1, 0.15) is 0 Å². The van der Waals surface area contributed by atoms with E-state index in [0.717, 1.165) is 5.56 Å². The van der Waals surface area contributed by atoms with Gasteiger partial charge in [0.15, 0.2) is 5.11 Å². The molecule has 0 spiro atoms. The Morgan fingerprint density at radius 2 is 1.28 bits per heavy atom. The van der Waals surface area contributed by atoms with E-state index in [-0.39, 0.29) is 16.4 Å². The van der Waals surface area contributed by atoms with E-state index in [1.807, 2.05) is 12.1 Å². The number of esters is 1. The second kappa shape index (κ2) is 9.29.